The fourth-order valence-corrected chi connectivity index (χ4v) is 2.90. The van der Waals surface area contributed by atoms with Crippen molar-refractivity contribution < 1.29 is 9.53 Å². The number of likely N-dealkylation sites (N-methyl/N-ethyl adjacent to an activating group) is 1. The van der Waals surface area contributed by atoms with Crippen molar-refractivity contribution in [1.29, 1.82) is 0 Å². The molecule has 2 heterocycles. The van der Waals surface area contributed by atoms with Crippen LogP contribution in [-0.4, -0.2) is 69.3 Å². The zero-order valence-electron chi connectivity index (χ0n) is 15.9. The van der Waals surface area contributed by atoms with E-state index in [1.54, 1.807) is 12.3 Å². The summed E-state index contributed by atoms with van der Waals surface area (Å²) in [6.45, 7) is 4.79. The van der Waals surface area contributed by atoms with Gasteiger partial charge in [0, 0.05) is 26.2 Å². The van der Waals surface area contributed by atoms with Crippen molar-refractivity contribution >= 4 is 23.0 Å². The third kappa shape index (κ3) is 5.42. The topological polar surface area (TPSA) is 69.7 Å². The number of rotatable bonds is 7. The molecule has 7 heteroatoms. The molecular formula is C20H27N5O2. The highest BCUT2D eigenvalue weighted by molar-refractivity contribution is 6.04. The highest BCUT2D eigenvalue weighted by atomic mass is 16.5. The Labute approximate surface area is 160 Å². The first kappa shape index (κ1) is 19.1. The first-order chi connectivity index (χ1) is 13.1. The normalized spacial score (nSPS) is 14.3. The second-order valence-electron chi connectivity index (χ2n) is 6.73. The van der Waals surface area contributed by atoms with Crippen LogP contribution in [0.3, 0.4) is 0 Å². The minimum Gasteiger partial charge on any atom is -0.383 e. The molecule has 1 aromatic heterocycles. The van der Waals surface area contributed by atoms with Gasteiger partial charge in [-0.25, -0.2) is 4.98 Å². The molecule has 2 aromatic rings. The zero-order valence-corrected chi connectivity index (χ0v) is 15.9. The Hall–Kier alpha value is -2.64. The van der Waals surface area contributed by atoms with Gasteiger partial charge < -0.3 is 25.2 Å². The monoisotopic (exact) mass is 369 g/mol. The number of hydrogen-bond acceptors (Lipinski definition) is 6. The molecule has 1 aromatic carbocycles. The number of morpholine rings is 1. The molecule has 0 unspecified atom stereocenters. The van der Waals surface area contributed by atoms with E-state index in [0.717, 1.165) is 43.2 Å². The molecule has 1 amide bonds. The molecule has 27 heavy (non-hydrogen) atoms. The van der Waals surface area contributed by atoms with E-state index >= 15 is 0 Å². The van der Waals surface area contributed by atoms with Gasteiger partial charge in [-0.2, -0.15) is 0 Å². The van der Waals surface area contributed by atoms with Crippen LogP contribution in [0.15, 0.2) is 42.6 Å². The summed E-state index contributed by atoms with van der Waals surface area (Å²) in [6, 6.07) is 11.5. The van der Waals surface area contributed by atoms with Gasteiger partial charge in [0.15, 0.2) is 0 Å². The maximum atomic E-state index is 12.6. The standard InChI is InChI=1S/C20H27N5O2/c1-24(2)10-9-21-16-7-8-18(22-15-16)20(26)23-17-5-3-4-6-19(17)25-11-13-27-14-12-25/h3-8,15,21H,9-14H2,1-2H3,(H,23,26). The molecule has 1 aliphatic rings. The Morgan fingerprint density at radius 3 is 2.67 bits per heavy atom. The van der Waals surface area contributed by atoms with Gasteiger partial charge in [0.05, 0.1) is 36.5 Å². The number of aromatic nitrogens is 1. The largest absolute Gasteiger partial charge is 0.383 e. The average Bonchev–Trinajstić information content (AvgIpc) is 2.69. The van der Waals surface area contributed by atoms with Gasteiger partial charge in [-0.3, -0.25) is 4.79 Å². The van der Waals surface area contributed by atoms with Gasteiger partial charge in [0.2, 0.25) is 0 Å². The molecule has 1 fully saturated rings. The number of anilines is 3. The van der Waals surface area contributed by atoms with E-state index in [4.69, 9.17) is 4.74 Å². The summed E-state index contributed by atoms with van der Waals surface area (Å²) in [6.07, 6.45) is 1.69. The molecule has 0 bridgehead atoms. The lowest BCUT2D eigenvalue weighted by molar-refractivity contribution is 0.102. The summed E-state index contributed by atoms with van der Waals surface area (Å²) in [7, 11) is 4.06. The van der Waals surface area contributed by atoms with Crippen LogP contribution in [-0.2, 0) is 4.74 Å². The number of para-hydroxylation sites is 2. The van der Waals surface area contributed by atoms with Gasteiger partial charge in [-0.05, 0) is 38.4 Å². The summed E-state index contributed by atoms with van der Waals surface area (Å²) in [4.78, 5) is 21.2. The number of nitrogens with one attached hydrogen (secondary N) is 2. The van der Waals surface area contributed by atoms with E-state index in [2.05, 4.69) is 25.4 Å². The van der Waals surface area contributed by atoms with E-state index in [1.807, 2.05) is 44.4 Å². The van der Waals surface area contributed by atoms with Crippen molar-refractivity contribution in [3.8, 4) is 0 Å². The number of carbonyl (C=O) groups is 1. The third-order valence-corrected chi connectivity index (χ3v) is 4.39. The number of hydrogen-bond donors (Lipinski definition) is 2. The lowest BCUT2D eigenvalue weighted by Gasteiger charge is -2.30. The number of pyridine rings is 1. The molecule has 7 nitrogen and oxygen atoms in total. The van der Waals surface area contributed by atoms with Crippen LogP contribution in [0.4, 0.5) is 17.1 Å². The van der Waals surface area contributed by atoms with Gasteiger partial charge >= 0.3 is 0 Å². The Balaban J connectivity index is 1.63. The molecule has 0 atom stereocenters. The average molecular weight is 369 g/mol. The second-order valence-corrected chi connectivity index (χ2v) is 6.73. The van der Waals surface area contributed by atoms with Crippen LogP contribution < -0.4 is 15.5 Å². The Bertz CT molecular complexity index is 742. The summed E-state index contributed by atoms with van der Waals surface area (Å²) >= 11 is 0. The van der Waals surface area contributed by atoms with Gasteiger partial charge in [0.1, 0.15) is 5.69 Å². The SMILES string of the molecule is CN(C)CCNc1ccc(C(=O)Nc2ccccc2N2CCOCC2)nc1. The van der Waals surface area contributed by atoms with Crippen molar-refractivity contribution in [1.82, 2.24) is 9.88 Å². The van der Waals surface area contributed by atoms with Gasteiger partial charge in [-0.1, -0.05) is 12.1 Å². The molecule has 1 aliphatic heterocycles. The Kier molecular flexibility index (Phi) is 6.62. The Morgan fingerprint density at radius 2 is 1.96 bits per heavy atom. The zero-order chi connectivity index (χ0) is 19.1. The smallest absolute Gasteiger partial charge is 0.274 e. The third-order valence-electron chi connectivity index (χ3n) is 4.39. The van der Waals surface area contributed by atoms with Crippen LogP contribution in [0.25, 0.3) is 0 Å². The highest BCUT2D eigenvalue weighted by Gasteiger charge is 2.16. The minimum absolute atomic E-state index is 0.212. The predicted molar refractivity (Wildman–Crippen MR) is 109 cm³/mol. The summed E-state index contributed by atoms with van der Waals surface area (Å²) < 4.78 is 5.42. The molecule has 144 valence electrons. The van der Waals surface area contributed by atoms with Crippen molar-refractivity contribution in [3.63, 3.8) is 0 Å². The summed E-state index contributed by atoms with van der Waals surface area (Å²) in [5.41, 5.74) is 3.10. The lowest BCUT2D eigenvalue weighted by Crippen LogP contribution is -2.36. The number of amides is 1. The second kappa shape index (κ2) is 9.34. The molecule has 2 N–H and O–H groups in total. The summed E-state index contributed by atoms with van der Waals surface area (Å²) in [5, 5.41) is 6.28. The molecule has 0 spiro atoms. The molecule has 1 saturated heterocycles. The first-order valence-corrected chi connectivity index (χ1v) is 9.21. The number of nitrogens with zero attached hydrogens (tertiary/aromatic N) is 3. The molecule has 3 rings (SSSR count). The summed E-state index contributed by atoms with van der Waals surface area (Å²) in [5.74, 6) is -0.212. The van der Waals surface area contributed by atoms with Crippen LogP contribution in [0, 0.1) is 0 Å². The predicted octanol–water partition coefficient (Wildman–Crippen LogP) is 2.14. The maximum Gasteiger partial charge on any atom is 0.274 e. The van der Waals surface area contributed by atoms with Gasteiger partial charge in [-0.15, -0.1) is 0 Å². The minimum atomic E-state index is -0.212. The van der Waals surface area contributed by atoms with Crippen molar-refractivity contribution in [2.45, 2.75) is 0 Å². The van der Waals surface area contributed by atoms with Gasteiger partial charge in [0.25, 0.3) is 5.91 Å². The molecule has 0 aliphatic carbocycles. The number of benzene rings is 1. The van der Waals surface area contributed by atoms with E-state index in [0.29, 0.717) is 18.9 Å². The van der Waals surface area contributed by atoms with Crippen molar-refractivity contribution in [3.05, 3.63) is 48.3 Å². The maximum absolute atomic E-state index is 12.6. The van der Waals surface area contributed by atoms with Crippen molar-refractivity contribution in [2.24, 2.45) is 0 Å². The number of carbonyl (C=O) groups excluding carboxylic acids is 1. The molecule has 0 saturated carbocycles. The Morgan fingerprint density at radius 1 is 1.19 bits per heavy atom. The molecule has 0 radical (unpaired) electrons. The number of ether oxygens (including phenoxy) is 1. The van der Waals surface area contributed by atoms with Crippen LogP contribution in [0.1, 0.15) is 10.5 Å². The van der Waals surface area contributed by atoms with Crippen LogP contribution in [0.5, 0.6) is 0 Å². The van der Waals surface area contributed by atoms with Crippen LogP contribution in [0.2, 0.25) is 0 Å². The quantitative estimate of drug-likeness (QED) is 0.779. The van der Waals surface area contributed by atoms with E-state index in [1.165, 1.54) is 0 Å². The van der Waals surface area contributed by atoms with E-state index in [9.17, 15) is 4.79 Å². The lowest BCUT2D eigenvalue weighted by atomic mass is 10.2. The van der Waals surface area contributed by atoms with E-state index in [-0.39, 0.29) is 5.91 Å². The molecular weight excluding hydrogens is 342 g/mol. The van der Waals surface area contributed by atoms with E-state index < -0.39 is 0 Å². The highest BCUT2D eigenvalue weighted by Crippen LogP contribution is 2.26. The fraction of sp³-hybridized carbons (Fsp3) is 0.400. The van der Waals surface area contributed by atoms with Crippen molar-refractivity contribution in [2.75, 3.05) is 69.0 Å². The first-order valence-electron chi connectivity index (χ1n) is 9.21. The fourth-order valence-electron chi connectivity index (χ4n) is 2.90. The van der Waals surface area contributed by atoms with Crippen LogP contribution >= 0.6 is 0 Å².